The second-order valence-corrected chi connectivity index (χ2v) is 5.94. The molecule has 5 heteroatoms. The topological polar surface area (TPSA) is 70.6 Å². The van der Waals surface area contributed by atoms with Crippen LogP contribution in [0.3, 0.4) is 0 Å². The van der Waals surface area contributed by atoms with Gasteiger partial charge in [0.05, 0.1) is 17.7 Å². The van der Waals surface area contributed by atoms with Gasteiger partial charge in [-0.15, -0.1) is 0 Å². The Kier molecular flexibility index (Phi) is 5.05. The molecule has 1 saturated carbocycles. The second-order valence-electron chi connectivity index (χ2n) is 5.94. The number of urea groups is 1. The largest absolute Gasteiger partial charge is 0.388 e. The second kappa shape index (κ2) is 6.57. The first-order chi connectivity index (χ1) is 9.09. The lowest BCUT2D eigenvalue weighted by Crippen LogP contribution is -2.50. The van der Waals surface area contributed by atoms with Crippen molar-refractivity contribution in [3.63, 3.8) is 0 Å². The molecule has 0 aromatic heterocycles. The minimum Gasteiger partial charge on any atom is -0.388 e. The highest BCUT2D eigenvalue weighted by atomic mass is 16.5. The molecule has 2 unspecified atom stereocenters. The summed E-state index contributed by atoms with van der Waals surface area (Å²) in [6, 6.07) is -0.108. The Balaban J connectivity index is 1.73. The average Bonchev–Trinajstić information content (AvgIpc) is 2.64. The molecule has 19 heavy (non-hydrogen) atoms. The third kappa shape index (κ3) is 4.35. The Bertz CT molecular complexity index is 301. The predicted octanol–water partition coefficient (Wildman–Crippen LogP) is 1.55. The molecule has 1 aliphatic heterocycles. The third-order valence-corrected chi connectivity index (χ3v) is 4.30. The molecule has 2 amide bonds. The van der Waals surface area contributed by atoms with Crippen molar-refractivity contribution >= 4 is 6.03 Å². The molecule has 2 atom stereocenters. The molecule has 110 valence electrons. The first kappa shape index (κ1) is 14.6. The summed E-state index contributed by atoms with van der Waals surface area (Å²) in [6.07, 6.45) is 6.98. The van der Waals surface area contributed by atoms with Crippen LogP contribution in [0.2, 0.25) is 0 Å². The van der Waals surface area contributed by atoms with E-state index in [-0.39, 0.29) is 18.2 Å². The van der Waals surface area contributed by atoms with Gasteiger partial charge in [-0.25, -0.2) is 4.79 Å². The number of hydrogen-bond acceptors (Lipinski definition) is 3. The molecular formula is C14H26N2O3. The zero-order valence-electron chi connectivity index (χ0n) is 11.8. The summed E-state index contributed by atoms with van der Waals surface area (Å²) < 4.78 is 5.41. The summed E-state index contributed by atoms with van der Waals surface area (Å²) >= 11 is 0. The van der Waals surface area contributed by atoms with Crippen LogP contribution < -0.4 is 10.6 Å². The molecule has 5 nitrogen and oxygen atoms in total. The van der Waals surface area contributed by atoms with E-state index in [9.17, 15) is 9.90 Å². The maximum Gasteiger partial charge on any atom is 0.315 e. The number of nitrogens with one attached hydrogen (secondary N) is 2. The fourth-order valence-electron chi connectivity index (χ4n) is 2.95. The van der Waals surface area contributed by atoms with E-state index in [1.54, 1.807) is 0 Å². The van der Waals surface area contributed by atoms with Gasteiger partial charge in [0.15, 0.2) is 0 Å². The molecule has 0 spiro atoms. The van der Waals surface area contributed by atoms with Gasteiger partial charge >= 0.3 is 6.03 Å². The minimum atomic E-state index is -0.717. The SMILES string of the molecule is CC1OCCC1NC(=O)NCC1(O)CCCCCC1. The average molecular weight is 270 g/mol. The van der Waals surface area contributed by atoms with Crippen LogP contribution >= 0.6 is 0 Å². The molecule has 0 aromatic rings. The van der Waals surface area contributed by atoms with Crippen LogP contribution in [-0.2, 0) is 4.74 Å². The van der Waals surface area contributed by atoms with E-state index < -0.39 is 5.60 Å². The number of rotatable bonds is 3. The first-order valence-electron chi connectivity index (χ1n) is 7.47. The lowest BCUT2D eigenvalue weighted by Gasteiger charge is -2.27. The molecule has 1 saturated heterocycles. The quantitative estimate of drug-likeness (QED) is 0.681. The molecule has 2 aliphatic rings. The summed E-state index contributed by atoms with van der Waals surface area (Å²) in [7, 11) is 0. The lowest BCUT2D eigenvalue weighted by atomic mass is 9.94. The van der Waals surface area contributed by atoms with Crippen LogP contribution in [0.1, 0.15) is 51.9 Å². The van der Waals surface area contributed by atoms with Gasteiger partial charge in [0.25, 0.3) is 0 Å². The summed E-state index contributed by atoms with van der Waals surface area (Å²) in [6.45, 7) is 3.02. The van der Waals surface area contributed by atoms with Gasteiger partial charge < -0.3 is 20.5 Å². The molecule has 0 radical (unpaired) electrons. The van der Waals surface area contributed by atoms with E-state index in [2.05, 4.69) is 10.6 Å². The standard InChI is InChI=1S/C14H26N2O3/c1-11-12(6-9-19-11)16-13(17)15-10-14(18)7-4-2-3-5-8-14/h11-12,18H,2-10H2,1H3,(H2,15,16,17). The van der Waals surface area contributed by atoms with Crippen molar-refractivity contribution in [1.29, 1.82) is 0 Å². The molecular weight excluding hydrogens is 244 g/mol. The van der Waals surface area contributed by atoms with Gasteiger partial charge in [0.1, 0.15) is 0 Å². The zero-order valence-corrected chi connectivity index (χ0v) is 11.8. The lowest BCUT2D eigenvalue weighted by molar-refractivity contribution is 0.0275. The molecule has 0 aromatic carbocycles. The molecule has 0 bridgehead atoms. The molecule has 1 heterocycles. The highest BCUT2D eigenvalue weighted by molar-refractivity contribution is 5.74. The van der Waals surface area contributed by atoms with Gasteiger partial charge in [-0.2, -0.15) is 0 Å². The van der Waals surface area contributed by atoms with Crippen LogP contribution in [0.15, 0.2) is 0 Å². The van der Waals surface area contributed by atoms with Crippen LogP contribution in [-0.4, -0.2) is 42.0 Å². The highest BCUT2D eigenvalue weighted by Crippen LogP contribution is 2.26. The maximum atomic E-state index is 11.8. The highest BCUT2D eigenvalue weighted by Gasteiger charge is 2.30. The monoisotopic (exact) mass is 270 g/mol. The van der Waals surface area contributed by atoms with E-state index in [1.165, 1.54) is 12.8 Å². The number of carbonyl (C=O) groups excluding carboxylic acids is 1. The first-order valence-corrected chi connectivity index (χ1v) is 7.47. The molecule has 2 rings (SSSR count). The fraction of sp³-hybridized carbons (Fsp3) is 0.929. The predicted molar refractivity (Wildman–Crippen MR) is 73.0 cm³/mol. The minimum absolute atomic E-state index is 0.0757. The molecule has 2 fully saturated rings. The summed E-state index contributed by atoms with van der Waals surface area (Å²) in [5.41, 5.74) is -0.717. The number of hydrogen-bond donors (Lipinski definition) is 3. The van der Waals surface area contributed by atoms with Gasteiger partial charge in [0, 0.05) is 13.2 Å². The van der Waals surface area contributed by atoms with Crippen LogP contribution in [0.5, 0.6) is 0 Å². The van der Waals surface area contributed by atoms with E-state index in [0.717, 1.165) is 32.1 Å². The van der Waals surface area contributed by atoms with Gasteiger partial charge in [-0.05, 0) is 26.2 Å². The van der Waals surface area contributed by atoms with Crippen molar-refractivity contribution in [2.24, 2.45) is 0 Å². The normalized spacial score (nSPS) is 30.6. The molecule has 1 aliphatic carbocycles. The van der Waals surface area contributed by atoms with E-state index in [0.29, 0.717) is 13.2 Å². The number of amides is 2. The van der Waals surface area contributed by atoms with Crippen molar-refractivity contribution in [1.82, 2.24) is 10.6 Å². The van der Waals surface area contributed by atoms with E-state index in [1.807, 2.05) is 6.92 Å². The van der Waals surface area contributed by atoms with Crippen molar-refractivity contribution in [3.05, 3.63) is 0 Å². The van der Waals surface area contributed by atoms with Crippen molar-refractivity contribution in [2.45, 2.75) is 69.6 Å². The van der Waals surface area contributed by atoms with Crippen LogP contribution in [0.25, 0.3) is 0 Å². The number of ether oxygens (including phenoxy) is 1. The van der Waals surface area contributed by atoms with Gasteiger partial charge in [-0.1, -0.05) is 25.7 Å². The van der Waals surface area contributed by atoms with Crippen LogP contribution in [0, 0.1) is 0 Å². The van der Waals surface area contributed by atoms with Gasteiger partial charge in [-0.3, -0.25) is 0 Å². The van der Waals surface area contributed by atoms with Crippen molar-refractivity contribution in [2.75, 3.05) is 13.2 Å². The number of aliphatic hydroxyl groups is 1. The smallest absolute Gasteiger partial charge is 0.315 e. The maximum absolute atomic E-state index is 11.8. The van der Waals surface area contributed by atoms with Crippen molar-refractivity contribution in [3.8, 4) is 0 Å². The Labute approximate surface area is 115 Å². The number of carbonyl (C=O) groups is 1. The Hall–Kier alpha value is -0.810. The Morgan fingerprint density at radius 3 is 2.58 bits per heavy atom. The summed E-state index contributed by atoms with van der Waals surface area (Å²) in [5, 5.41) is 16.2. The zero-order chi connectivity index (χ0) is 13.7. The Morgan fingerprint density at radius 2 is 2.00 bits per heavy atom. The third-order valence-electron chi connectivity index (χ3n) is 4.30. The summed E-state index contributed by atoms with van der Waals surface area (Å²) in [4.78, 5) is 11.8. The van der Waals surface area contributed by atoms with E-state index in [4.69, 9.17) is 4.74 Å². The summed E-state index contributed by atoms with van der Waals surface area (Å²) in [5.74, 6) is 0. The van der Waals surface area contributed by atoms with Gasteiger partial charge in [0.2, 0.25) is 0 Å². The Morgan fingerprint density at radius 1 is 1.32 bits per heavy atom. The van der Waals surface area contributed by atoms with Crippen molar-refractivity contribution < 1.29 is 14.6 Å². The fourth-order valence-corrected chi connectivity index (χ4v) is 2.95. The molecule has 3 N–H and O–H groups in total. The van der Waals surface area contributed by atoms with Crippen LogP contribution in [0.4, 0.5) is 4.79 Å². The van der Waals surface area contributed by atoms with E-state index >= 15 is 0 Å².